The van der Waals surface area contributed by atoms with E-state index in [4.69, 9.17) is 11.3 Å². The lowest BCUT2D eigenvalue weighted by Crippen LogP contribution is -2.40. The van der Waals surface area contributed by atoms with Crippen LogP contribution in [0.5, 0.6) is 0 Å². The maximum absolute atomic E-state index is 12.1. The Morgan fingerprint density at radius 3 is 2.27 bits per heavy atom. The lowest BCUT2D eigenvalue weighted by Gasteiger charge is -2.31. The first-order valence-corrected chi connectivity index (χ1v) is 7.53. The van der Waals surface area contributed by atoms with Gasteiger partial charge in [-0.25, -0.2) is 9.64 Å². The summed E-state index contributed by atoms with van der Waals surface area (Å²) in [5.41, 5.74) is 2.34. The fraction of sp³-hybridized carbons (Fsp3) is 0.444. The molecule has 0 N–H and O–H groups in total. The topological polar surface area (TPSA) is 33.9 Å². The lowest BCUT2D eigenvalue weighted by molar-refractivity contribution is 0.0236. The van der Waals surface area contributed by atoms with Gasteiger partial charge in [-0.3, -0.25) is 0 Å². The van der Waals surface area contributed by atoms with Crippen LogP contribution in [0.4, 0.5) is 4.79 Å². The molecule has 1 aliphatic heterocycles. The van der Waals surface area contributed by atoms with Crippen molar-refractivity contribution in [1.29, 1.82) is 0 Å². The van der Waals surface area contributed by atoms with Crippen molar-refractivity contribution < 1.29 is 9.53 Å². The Labute approximate surface area is 132 Å². The molecule has 1 fully saturated rings. The van der Waals surface area contributed by atoms with E-state index in [0.717, 1.165) is 29.7 Å². The molecule has 0 spiro atoms. The van der Waals surface area contributed by atoms with Crippen molar-refractivity contribution in [1.82, 2.24) is 4.90 Å². The number of nitrogens with zero attached hydrogens (tertiary/aromatic N) is 2. The van der Waals surface area contributed by atoms with E-state index in [9.17, 15) is 4.79 Å². The Morgan fingerprint density at radius 2 is 1.77 bits per heavy atom. The summed E-state index contributed by atoms with van der Waals surface area (Å²) in [7, 11) is 0. The molecule has 0 aromatic heterocycles. The van der Waals surface area contributed by atoms with Gasteiger partial charge in [-0.15, -0.1) is 0 Å². The van der Waals surface area contributed by atoms with Gasteiger partial charge in [0.1, 0.15) is 5.60 Å². The van der Waals surface area contributed by atoms with Crippen LogP contribution in [-0.4, -0.2) is 29.7 Å². The SMILES string of the molecule is [C-]#[N+]C(=C1CCN(C(=O)OC(C)(C)C)CC1)c1ccccc1. The van der Waals surface area contributed by atoms with Crippen LogP contribution in [0.1, 0.15) is 39.2 Å². The summed E-state index contributed by atoms with van der Waals surface area (Å²) in [6.07, 6.45) is 1.19. The molecule has 22 heavy (non-hydrogen) atoms. The average molecular weight is 298 g/mol. The van der Waals surface area contributed by atoms with Crippen LogP contribution in [0.2, 0.25) is 0 Å². The maximum Gasteiger partial charge on any atom is 0.410 e. The predicted molar refractivity (Wildman–Crippen MR) is 87.0 cm³/mol. The third kappa shape index (κ3) is 4.11. The van der Waals surface area contributed by atoms with Gasteiger partial charge in [0.2, 0.25) is 0 Å². The van der Waals surface area contributed by atoms with E-state index in [2.05, 4.69) is 4.85 Å². The Morgan fingerprint density at radius 1 is 1.18 bits per heavy atom. The van der Waals surface area contributed by atoms with E-state index in [1.165, 1.54) is 0 Å². The number of likely N-dealkylation sites (tertiary alicyclic amines) is 1. The molecule has 0 bridgehead atoms. The van der Waals surface area contributed by atoms with E-state index >= 15 is 0 Å². The second-order valence-corrected chi connectivity index (χ2v) is 6.40. The molecule has 1 saturated heterocycles. The number of hydrogen-bond donors (Lipinski definition) is 0. The van der Waals surface area contributed by atoms with Crippen LogP contribution in [-0.2, 0) is 4.74 Å². The minimum atomic E-state index is -0.473. The molecule has 0 unspecified atom stereocenters. The molecule has 0 aliphatic carbocycles. The fourth-order valence-corrected chi connectivity index (χ4v) is 2.47. The van der Waals surface area contributed by atoms with Crippen molar-refractivity contribution in [2.75, 3.05) is 13.1 Å². The first kappa shape index (κ1) is 16.1. The molecule has 1 aromatic carbocycles. The summed E-state index contributed by atoms with van der Waals surface area (Å²) in [4.78, 5) is 17.5. The molecule has 4 heteroatoms. The third-order valence-electron chi connectivity index (χ3n) is 3.51. The number of carbonyl (C=O) groups is 1. The number of hydrogen-bond acceptors (Lipinski definition) is 2. The van der Waals surface area contributed by atoms with Gasteiger partial charge >= 0.3 is 6.09 Å². The Balaban J connectivity index is 2.06. The maximum atomic E-state index is 12.1. The second kappa shape index (κ2) is 6.65. The van der Waals surface area contributed by atoms with Gasteiger partial charge in [0, 0.05) is 13.1 Å². The standard InChI is InChI=1S/C18H22N2O2/c1-18(2,3)22-17(21)20-12-10-15(11-13-20)16(19-4)14-8-6-5-7-9-14/h5-9H,10-13H2,1-3H3. The molecular formula is C18H22N2O2. The highest BCUT2D eigenvalue weighted by Gasteiger charge is 2.25. The van der Waals surface area contributed by atoms with Crippen LogP contribution >= 0.6 is 0 Å². The molecule has 0 radical (unpaired) electrons. The predicted octanol–water partition coefficient (Wildman–Crippen LogP) is 4.35. The first-order chi connectivity index (χ1) is 10.4. The minimum absolute atomic E-state index is 0.268. The molecule has 1 heterocycles. The van der Waals surface area contributed by atoms with Crippen LogP contribution in [0.15, 0.2) is 35.9 Å². The van der Waals surface area contributed by atoms with E-state index < -0.39 is 5.60 Å². The van der Waals surface area contributed by atoms with E-state index in [-0.39, 0.29) is 6.09 Å². The molecule has 4 nitrogen and oxygen atoms in total. The highest BCUT2D eigenvalue weighted by Crippen LogP contribution is 2.28. The number of benzene rings is 1. The molecule has 1 aliphatic rings. The number of ether oxygens (including phenoxy) is 1. The zero-order chi connectivity index (χ0) is 16.2. The average Bonchev–Trinajstić information content (AvgIpc) is 2.48. The molecule has 0 atom stereocenters. The van der Waals surface area contributed by atoms with Crippen LogP contribution < -0.4 is 0 Å². The monoisotopic (exact) mass is 298 g/mol. The summed E-state index contributed by atoms with van der Waals surface area (Å²) in [5, 5.41) is 0. The number of piperidine rings is 1. The van der Waals surface area contributed by atoms with Gasteiger partial charge in [0.05, 0.1) is 6.57 Å². The van der Waals surface area contributed by atoms with Crippen molar-refractivity contribution in [2.45, 2.75) is 39.2 Å². The van der Waals surface area contributed by atoms with E-state index in [1.807, 2.05) is 51.1 Å². The molecular weight excluding hydrogens is 276 g/mol. The van der Waals surface area contributed by atoms with Gasteiger partial charge in [-0.1, -0.05) is 35.9 Å². The highest BCUT2D eigenvalue weighted by molar-refractivity contribution is 5.74. The summed E-state index contributed by atoms with van der Waals surface area (Å²) < 4.78 is 5.39. The van der Waals surface area contributed by atoms with Crippen LogP contribution in [0.3, 0.4) is 0 Å². The molecule has 2 rings (SSSR count). The Kier molecular flexibility index (Phi) is 4.87. The van der Waals surface area contributed by atoms with E-state index in [1.54, 1.807) is 4.90 Å². The summed E-state index contributed by atoms with van der Waals surface area (Å²) in [6.45, 7) is 14.3. The smallest absolute Gasteiger partial charge is 0.410 e. The zero-order valence-corrected chi connectivity index (χ0v) is 13.4. The number of amides is 1. The van der Waals surface area contributed by atoms with Gasteiger partial charge < -0.3 is 9.64 Å². The highest BCUT2D eigenvalue weighted by atomic mass is 16.6. The first-order valence-electron chi connectivity index (χ1n) is 7.53. The number of carbonyl (C=O) groups excluding carboxylic acids is 1. The van der Waals surface area contributed by atoms with Crippen LogP contribution in [0.25, 0.3) is 10.5 Å². The van der Waals surface area contributed by atoms with Crippen molar-refractivity contribution >= 4 is 11.8 Å². The lowest BCUT2D eigenvalue weighted by atomic mass is 9.98. The van der Waals surface area contributed by atoms with Crippen molar-refractivity contribution in [3.8, 4) is 0 Å². The molecule has 1 amide bonds. The van der Waals surface area contributed by atoms with Crippen LogP contribution in [0, 0.1) is 6.57 Å². The van der Waals surface area contributed by atoms with Crippen molar-refractivity contribution in [3.05, 3.63) is 52.9 Å². The summed E-state index contributed by atoms with van der Waals surface area (Å²) in [5.74, 6) is 0. The number of rotatable bonds is 1. The fourth-order valence-electron chi connectivity index (χ4n) is 2.47. The second-order valence-electron chi connectivity index (χ2n) is 6.40. The Bertz CT molecular complexity index is 596. The summed E-state index contributed by atoms with van der Waals surface area (Å²) >= 11 is 0. The van der Waals surface area contributed by atoms with Gasteiger partial charge in [0.25, 0.3) is 0 Å². The van der Waals surface area contributed by atoms with Gasteiger partial charge in [0.15, 0.2) is 5.70 Å². The van der Waals surface area contributed by atoms with E-state index in [0.29, 0.717) is 13.1 Å². The van der Waals surface area contributed by atoms with Gasteiger partial charge in [-0.05, 0) is 39.2 Å². The largest absolute Gasteiger partial charge is 0.444 e. The third-order valence-corrected chi connectivity index (χ3v) is 3.51. The molecule has 1 aromatic rings. The normalized spacial score (nSPS) is 15.2. The quantitative estimate of drug-likeness (QED) is 0.722. The van der Waals surface area contributed by atoms with Gasteiger partial charge in [-0.2, -0.15) is 0 Å². The molecule has 0 saturated carbocycles. The van der Waals surface area contributed by atoms with Crippen molar-refractivity contribution in [2.24, 2.45) is 0 Å². The zero-order valence-electron chi connectivity index (χ0n) is 13.4. The Hall–Kier alpha value is -2.28. The van der Waals surface area contributed by atoms with Crippen molar-refractivity contribution in [3.63, 3.8) is 0 Å². The minimum Gasteiger partial charge on any atom is -0.444 e. The summed E-state index contributed by atoms with van der Waals surface area (Å²) in [6, 6.07) is 9.75. The molecule has 116 valence electrons.